The molecule has 0 spiro atoms. The fourth-order valence-electron chi connectivity index (χ4n) is 0.826. The molecule has 1 aliphatic heterocycles. The number of rotatable bonds is 2. The molecule has 0 saturated carbocycles. The Morgan fingerprint density at radius 2 is 2.56 bits per heavy atom. The molecular weight excluding hydrogens is 132 g/mol. The Morgan fingerprint density at radius 3 is 3.00 bits per heavy atom. The standard InChI is InChI=1S/C7H10OS/c1-2-3-6-4-5-7(8)9-6/h4H,2-3,5H2,1H3. The SMILES string of the molecule is CCCC1=CCC(=O)S1. The van der Waals surface area contributed by atoms with Crippen LogP contribution in [0.3, 0.4) is 0 Å². The molecule has 2 heteroatoms. The maximum atomic E-state index is 10.6. The molecule has 0 unspecified atom stereocenters. The van der Waals surface area contributed by atoms with Crippen molar-refractivity contribution in [2.45, 2.75) is 26.2 Å². The number of hydrogen-bond donors (Lipinski definition) is 0. The van der Waals surface area contributed by atoms with Gasteiger partial charge in [-0.1, -0.05) is 31.2 Å². The van der Waals surface area contributed by atoms with Gasteiger partial charge in [0.2, 0.25) is 0 Å². The number of carbonyl (C=O) groups is 1. The van der Waals surface area contributed by atoms with Gasteiger partial charge in [0.15, 0.2) is 5.12 Å². The highest BCUT2D eigenvalue weighted by Crippen LogP contribution is 2.29. The van der Waals surface area contributed by atoms with Gasteiger partial charge >= 0.3 is 0 Å². The van der Waals surface area contributed by atoms with Crippen LogP contribution in [0.4, 0.5) is 0 Å². The van der Waals surface area contributed by atoms with Crippen molar-refractivity contribution in [1.29, 1.82) is 0 Å². The van der Waals surface area contributed by atoms with E-state index in [1.807, 2.05) is 6.08 Å². The third-order valence-electron chi connectivity index (χ3n) is 1.24. The minimum Gasteiger partial charge on any atom is -0.287 e. The first-order chi connectivity index (χ1) is 4.33. The Bertz CT molecular complexity index is 149. The van der Waals surface area contributed by atoms with Crippen LogP contribution in [0.2, 0.25) is 0 Å². The van der Waals surface area contributed by atoms with Gasteiger partial charge < -0.3 is 0 Å². The second-order valence-electron chi connectivity index (χ2n) is 2.10. The van der Waals surface area contributed by atoms with Gasteiger partial charge in [0.1, 0.15) is 0 Å². The second kappa shape index (κ2) is 3.06. The molecule has 0 saturated heterocycles. The van der Waals surface area contributed by atoms with E-state index in [9.17, 15) is 4.79 Å². The third kappa shape index (κ3) is 1.86. The average molecular weight is 142 g/mol. The van der Waals surface area contributed by atoms with Crippen molar-refractivity contribution in [1.82, 2.24) is 0 Å². The van der Waals surface area contributed by atoms with E-state index >= 15 is 0 Å². The molecule has 0 aromatic rings. The Labute approximate surface area is 59.5 Å². The zero-order valence-electron chi connectivity index (χ0n) is 5.52. The lowest BCUT2D eigenvalue weighted by Gasteiger charge is -1.92. The molecule has 1 rings (SSSR count). The van der Waals surface area contributed by atoms with Gasteiger partial charge in [-0.2, -0.15) is 0 Å². The highest BCUT2D eigenvalue weighted by atomic mass is 32.2. The molecule has 1 heterocycles. The largest absolute Gasteiger partial charge is 0.287 e. The van der Waals surface area contributed by atoms with Gasteiger partial charge in [0.05, 0.1) is 0 Å². The van der Waals surface area contributed by atoms with Crippen LogP contribution in [-0.2, 0) is 4.79 Å². The molecule has 0 atom stereocenters. The van der Waals surface area contributed by atoms with Crippen molar-refractivity contribution < 1.29 is 4.79 Å². The predicted molar refractivity (Wildman–Crippen MR) is 40.2 cm³/mol. The lowest BCUT2D eigenvalue weighted by Crippen LogP contribution is -1.78. The number of thioether (sulfide) groups is 1. The van der Waals surface area contributed by atoms with E-state index in [0.29, 0.717) is 11.5 Å². The maximum Gasteiger partial charge on any atom is 0.197 e. The smallest absolute Gasteiger partial charge is 0.197 e. The van der Waals surface area contributed by atoms with Gasteiger partial charge in [-0.05, 0) is 11.3 Å². The molecule has 0 aromatic heterocycles. The maximum absolute atomic E-state index is 10.6. The van der Waals surface area contributed by atoms with E-state index in [2.05, 4.69) is 6.92 Å². The van der Waals surface area contributed by atoms with Crippen LogP contribution in [0.5, 0.6) is 0 Å². The van der Waals surface area contributed by atoms with E-state index < -0.39 is 0 Å². The quantitative estimate of drug-likeness (QED) is 0.588. The Hall–Kier alpha value is -0.240. The lowest BCUT2D eigenvalue weighted by molar-refractivity contribution is -0.110. The predicted octanol–water partition coefficient (Wildman–Crippen LogP) is 2.33. The van der Waals surface area contributed by atoms with Crippen LogP contribution in [-0.4, -0.2) is 5.12 Å². The second-order valence-corrected chi connectivity index (χ2v) is 3.28. The molecule has 9 heavy (non-hydrogen) atoms. The highest BCUT2D eigenvalue weighted by molar-refractivity contribution is 8.17. The van der Waals surface area contributed by atoms with Crippen LogP contribution in [0.15, 0.2) is 11.0 Å². The van der Waals surface area contributed by atoms with Crippen molar-refractivity contribution in [3.8, 4) is 0 Å². The first-order valence-electron chi connectivity index (χ1n) is 3.22. The summed E-state index contributed by atoms with van der Waals surface area (Å²) in [7, 11) is 0. The highest BCUT2D eigenvalue weighted by Gasteiger charge is 2.11. The van der Waals surface area contributed by atoms with Gasteiger partial charge in [0, 0.05) is 6.42 Å². The summed E-state index contributed by atoms with van der Waals surface area (Å²) in [4.78, 5) is 11.9. The monoisotopic (exact) mass is 142 g/mol. The molecule has 0 N–H and O–H groups in total. The number of hydrogen-bond acceptors (Lipinski definition) is 2. The third-order valence-corrected chi connectivity index (χ3v) is 2.27. The molecule has 0 radical (unpaired) electrons. The van der Waals surface area contributed by atoms with Crippen molar-refractivity contribution in [2.24, 2.45) is 0 Å². The minimum absolute atomic E-state index is 0.304. The molecule has 0 fully saturated rings. The topological polar surface area (TPSA) is 17.1 Å². The molecule has 50 valence electrons. The van der Waals surface area contributed by atoms with E-state index in [1.165, 1.54) is 16.7 Å². The normalized spacial score (nSPS) is 18.3. The van der Waals surface area contributed by atoms with Gasteiger partial charge in [-0.15, -0.1) is 0 Å². The number of carbonyl (C=O) groups excluding carboxylic acids is 1. The van der Waals surface area contributed by atoms with Crippen LogP contribution >= 0.6 is 11.8 Å². The molecule has 0 aliphatic carbocycles. The van der Waals surface area contributed by atoms with E-state index in [1.54, 1.807) is 0 Å². The first-order valence-corrected chi connectivity index (χ1v) is 4.04. The summed E-state index contributed by atoms with van der Waals surface area (Å²) < 4.78 is 0. The van der Waals surface area contributed by atoms with Crippen molar-refractivity contribution in [3.63, 3.8) is 0 Å². The summed E-state index contributed by atoms with van der Waals surface area (Å²) in [5, 5.41) is 0.304. The zero-order chi connectivity index (χ0) is 6.69. The minimum atomic E-state index is 0.304. The van der Waals surface area contributed by atoms with Gasteiger partial charge in [-0.3, -0.25) is 4.79 Å². The van der Waals surface area contributed by atoms with E-state index in [4.69, 9.17) is 0 Å². The average Bonchev–Trinajstić information content (AvgIpc) is 2.17. The summed E-state index contributed by atoms with van der Waals surface area (Å²) in [5.41, 5.74) is 0. The molecule has 0 amide bonds. The van der Waals surface area contributed by atoms with E-state index in [-0.39, 0.29) is 0 Å². The number of allylic oxidation sites excluding steroid dienone is 2. The molecule has 1 nitrogen and oxygen atoms in total. The fraction of sp³-hybridized carbons (Fsp3) is 0.571. The summed E-state index contributed by atoms with van der Waals surface area (Å²) in [5.74, 6) is 0. The molecule has 0 bridgehead atoms. The Kier molecular flexibility index (Phi) is 2.34. The van der Waals surface area contributed by atoms with E-state index in [0.717, 1.165) is 12.8 Å². The molecule has 1 aliphatic rings. The van der Waals surface area contributed by atoms with Crippen molar-refractivity contribution >= 4 is 16.9 Å². The molecular formula is C7H10OS. The van der Waals surface area contributed by atoms with Crippen LogP contribution in [0.1, 0.15) is 26.2 Å². The Morgan fingerprint density at radius 1 is 1.78 bits per heavy atom. The summed E-state index contributed by atoms with van der Waals surface area (Å²) in [6.45, 7) is 2.13. The van der Waals surface area contributed by atoms with Crippen molar-refractivity contribution in [3.05, 3.63) is 11.0 Å². The van der Waals surface area contributed by atoms with Crippen molar-refractivity contribution in [2.75, 3.05) is 0 Å². The van der Waals surface area contributed by atoms with Crippen LogP contribution in [0.25, 0.3) is 0 Å². The van der Waals surface area contributed by atoms with Crippen LogP contribution < -0.4 is 0 Å². The lowest BCUT2D eigenvalue weighted by atomic mass is 10.3. The first kappa shape index (κ1) is 6.87. The zero-order valence-corrected chi connectivity index (χ0v) is 6.33. The van der Waals surface area contributed by atoms with Crippen LogP contribution in [0, 0.1) is 0 Å². The Balaban J connectivity index is 2.36. The summed E-state index contributed by atoms with van der Waals surface area (Å²) >= 11 is 1.41. The van der Waals surface area contributed by atoms with Gasteiger partial charge in [0.25, 0.3) is 0 Å². The fourth-order valence-corrected chi connectivity index (χ4v) is 1.76. The van der Waals surface area contributed by atoms with Gasteiger partial charge in [-0.25, -0.2) is 0 Å². The summed E-state index contributed by atoms with van der Waals surface area (Å²) in [6, 6.07) is 0. The summed E-state index contributed by atoms with van der Waals surface area (Å²) in [6.07, 6.45) is 4.92. The molecule has 0 aromatic carbocycles.